The molecule has 3 aromatic rings. The molecule has 4 rings (SSSR count). The minimum Gasteiger partial charge on any atom is -0.368 e. The van der Waals surface area contributed by atoms with E-state index >= 15 is 0 Å². The molecule has 2 aromatic heterocycles. The van der Waals surface area contributed by atoms with Crippen molar-refractivity contribution in [2.24, 2.45) is 5.92 Å². The standard InChI is InChI=1S/C24H24F3N7O/c1-15-5-7-19(34-14-31-23(32-34)24(25,26)27)18(10-15)22(35)33-9-3-4-16(2)20(33)13-30-21-8-6-17(11-28)12-29-21/h5-8,10,12,14,16,20H,3-4,9,13H2,1-2H3,(H,29,30). The summed E-state index contributed by atoms with van der Waals surface area (Å²) in [6.07, 6.45) is -0.476. The molecule has 1 amide bonds. The number of pyridine rings is 1. The number of nitriles is 1. The highest BCUT2D eigenvalue weighted by molar-refractivity contribution is 5.98. The number of alkyl halides is 3. The van der Waals surface area contributed by atoms with Crippen LogP contribution < -0.4 is 5.32 Å². The third kappa shape index (κ3) is 5.26. The molecule has 1 N–H and O–H groups in total. The first kappa shape index (κ1) is 24.2. The van der Waals surface area contributed by atoms with Gasteiger partial charge >= 0.3 is 6.18 Å². The minimum absolute atomic E-state index is 0.163. The molecule has 1 aromatic carbocycles. The smallest absolute Gasteiger partial charge is 0.368 e. The Kier molecular flexibility index (Phi) is 6.73. The summed E-state index contributed by atoms with van der Waals surface area (Å²) in [6, 6.07) is 10.2. The SMILES string of the molecule is Cc1ccc(-n2cnc(C(F)(F)F)n2)c(C(=O)N2CCCC(C)C2CNc2ccc(C#N)cn2)c1. The first-order valence-corrected chi connectivity index (χ1v) is 11.2. The summed E-state index contributed by atoms with van der Waals surface area (Å²) in [4.78, 5) is 23.1. The quantitative estimate of drug-likeness (QED) is 0.584. The molecule has 0 aliphatic carbocycles. The van der Waals surface area contributed by atoms with Crippen LogP contribution in [0.4, 0.5) is 19.0 Å². The van der Waals surface area contributed by atoms with Gasteiger partial charge in [0, 0.05) is 19.3 Å². The molecular formula is C24H24F3N7O. The molecule has 1 aliphatic heterocycles. The van der Waals surface area contributed by atoms with Crippen molar-refractivity contribution < 1.29 is 18.0 Å². The van der Waals surface area contributed by atoms with Crippen LogP contribution in [0, 0.1) is 24.2 Å². The minimum atomic E-state index is -4.68. The van der Waals surface area contributed by atoms with Crippen molar-refractivity contribution in [2.75, 3.05) is 18.4 Å². The van der Waals surface area contributed by atoms with E-state index < -0.39 is 12.0 Å². The number of hydrogen-bond donors (Lipinski definition) is 1. The molecule has 0 spiro atoms. The fourth-order valence-electron chi connectivity index (χ4n) is 4.27. The third-order valence-electron chi connectivity index (χ3n) is 6.14. The molecule has 2 atom stereocenters. The molecule has 0 bridgehead atoms. The van der Waals surface area contributed by atoms with Gasteiger partial charge in [-0.05, 0) is 49.9 Å². The number of aromatic nitrogens is 4. The molecule has 35 heavy (non-hydrogen) atoms. The van der Waals surface area contributed by atoms with Crippen LogP contribution in [0.1, 0.15) is 47.1 Å². The molecule has 1 aliphatic rings. The number of anilines is 1. The summed E-state index contributed by atoms with van der Waals surface area (Å²) in [6.45, 7) is 4.85. The highest BCUT2D eigenvalue weighted by atomic mass is 19.4. The normalized spacial score (nSPS) is 18.2. The summed E-state index contributed by atoms with van der Waals surface area (Å²) >= 11 is 0. The van der Waals surface area contributed by atoms with Crippen LogP contribution in [-0.4, -0.2) is 49.7 Å². The maximum Gasteiger partial charge on any atom is 0.453 e. The third-order valence-corrected chi connectivity index (χ3v) is 6.14. The molecule has 0 saturated carbocycles. The molecule has 1 saturated heterocycles. The van der Waals surface area contributed by atoms with Crippen molar-refractivity contribution >= 4 is 11.7 Å². The van der Waals surface area contributed by atoms with Crippen molar-refractivity contribution in [2.45, 2.75) is 38.9 Å². The first-order valence-electron chi connectivity index (χ1n) is 11.2. The lowest BCUT2D eigenvalue weighted by atomic mass is 9.89. The van der Waals surface area contributed by atoms with Crippen molar-refractivity contribution in [3.63, 3.8) is 0 Å². The van der Waals surface area contributed by atoms with Crippen LogP contribution in [0.25, 0.3) is 5.69 Å². The zero-order valence-corrected chi connectivity index (χ0v) is 19.3. The molecule has 182 valence electrons. The number of aryl methyl sites for hydroxylation is 1. The molecule has 11 heteroatoms. The van der Waals surface area contributed by atoms with Gasteiger partial charge in [0.15, 0.2) is 0 Å². The summed E-state index contributed by atoms with van der Waals surface area (Å²) in [5.74, 6) is -0.762. The van der Waals surface area contributed by atoms with Gasteiger partial charge < -0.3 is 10.2 Å². The summed E-state index contributed by atoms with van der Waals surface area (Å²) < 4.78 is 40.1. The molecular weight excluding hydrogens is 459 g/mol. The number of nitrogens with zero attached hydrogens (tertiary/aromatic N) is 6. The van der Waals surface area contributed by atoms with Crippen LogP contribution in [0.5, 0.6) is 0 Å². The highest BCUT2D eigenvalue weighted by Crippen LogP contribution is 2.29. The van der Waals surface area contributed by atoms with E-state index in [-0.39, 0.29) is 29.1 Å². The second kappa shape index (κ2) is 9.74. The second-order valence-electron chi connectivity index (χ2n) is 8.64. The molecule has 8 nitrogen and oxygen atoms in total. The maximum atomic E-state index is 13.8. The van der Waals surface area contributed by atoms with Crippen molar-refractivity contribution in [1.29, 1.82) is 5.26 Å². The Bertz CT molecular complexity index is 1250. The average Bonchev–Trinajstić information content (AvgIpc) is 3.34. The molecule has 3 heterocycles. The number of carbonyl (C=O) groups is 1. The lowest BCUT2D eigenvalue weighted by Gasteiger charge is -2.40. The van der Waals surface area contributed by atoms with Crippen molar-refractivity contribution in [3.05, 3.63) is 65.4 Å². The Hall–Kier alpha value is -3.94. The number of piperidine rings is 1. The van der Waals surface area contributed by atoms with Gasteiger partial charge in [0.25, 0.3) is 11.7 Å². The average molecular weight is 483 g/mol. The Labute approximate surface area is 200 Å². The number of amides is 1. The van der Waals surface area contributed by atoms with E-state index in [0.717, 1.165) is 29.4 Å². The molecule has 0 radical (unpaired) electrons. The predicted octanol–water partition coefficient (Wildman–Crippen LogP) is 4.21. The number of halogens is 3. The van der Waals surface area contributed by atoms with Gasteiger partial charge in [-0.2, -0.15) is 18.4 Å². The number of nitrogens with one attached hydrogen (secondary N) is 1. The summed E-state index contributed by atoms with van der Waals surface area (Å²) in [7, 11) is 0. The van der Waals surface area contributed by atoms with Crippen LogP contribution in [0.2, 0.25) is 0 Å². The number of likely N-dealkylation sites (tertiary alicyclic amines) is 1. The Morgan fingerprint density at radius 2 is 2.06 bits per heavy atom. The molecule has 1 fully saturated rings. The summed E-state index contributed by atoms with van der Waals surface area (Å²) in [5.41, 5.74) is 1.75. The Morgan fingerprint density at radius 3 is 2.71 bits per heavy atom. The second-order valence-corrected chi connectivity index (χ2v) is 8.64. The van der Waals surface area contributed by atoms with Crippen molar-refractivity contribution in [1.82, 2.24) is 24.6 Å². The summed E-state index contributed by atoms with van der Waals surface area (Å²) in [5, 5.41) is 15.7. The Morgan fingerprint density at radius 1 is 1.26 bits per heavy atom. The molecule has 2 unspecified atom stereocenters. The van der Waals surface area contributed by atoms with Crippen molar-refractivity contribution in [3.8, 4) is 11.8 Å². The van der Waals surface area contributed by atoms with E-state index in [2.05, 4.69) is 27.3 Å². The lowest BCUT2D eigenvalue weighted by molar-refractivity contribution is -0.144. The predicted molar refractivity (Wildman–Crippen MR) is 122 cm³/mol. The largest absolute Gasteiger partial charge is 0.453 e. The van der Waals surface area contributed by atoms with E-state index in [1.54, 1.807) is 35.2 Å². The van der Waals surface area contributed by atoms with Crippen LogP contribution in [0.3, 0.4) is 0 Å². The van der Waals surface area contributed by atoms with Gasteiger partial charge in [-0.1, -0.05) is 18.6 Å². The van der Waals surface area contributed by atoms with E-state index in [1.807, 2.05) is 13.0 Å². The van der Waals surface area contributed by atoms with Gasteiger partial charge in [-0.15, -0.1) is 5.10 Å². The van der Waals surface area contributed by atoms with Gasteiger partial charge in [-0.3, -0.25) is 4.79 Å². The fourth-order valence-corrected chi connectivity index (χ4v) is 4.27. The van der Waals surface area contributed by atoms with E-state index in [4.69, 9.17) is 5.26 Å². The van der Waals surface area contributed by atoms with Crippen LogP contribution in [-0.2, 0) is 6.18 Å². The Balaban J connectivity index is 1.61. The van der Waals surface area contributed by atoms with Crippen LogP contribution >= 0.6 is 0 Å². The number of hydrogen-bond acceptors (Lipinski definition) is 6. The zero-order chi connectivity index (χ0) is 25.2. The monoisotopic (exact) mass is 483 g/mol. The van der Waals surface area contributed by atoms with Gasteiger partial charge in [0.1, 0.15) is 18.2 Å². The van der Waals surface area contributed by atoms with Crippen LogP contribution in [0.15, 0.2) is 42.9 Å². The lowest BCUT2D eigenvalue weighted by Crippen LogP contribution is -2.51. The van der Waals surface area contributed by atoms with Gasteiger partial charge in [0.05, 0.1) is 22.9 Å². The van der Waals surface area contributed by atoms with Gasteiger partial charge in [-0.25, -0.2) is 14.6 Å². The maximum absolute atomic E-state index is 13.8. The zero-order valence-electron chi connectivity index (χ0n) is 19.3. The topological polar surface area (TPSA) is 99.7 Å². The first-order chi connectivity index (χ1) is 16.7. The number of benzene rings is 1. The van der Waals surface area contributed by atoms with E-state index in [1.165, 1.54) is 6.20 Å². The fraction of sp³-hybridized carbons (Fsp3) is 0.375. The highest BCUT2D eigenvalue weighted by Gasteiger charge is 2.37. The van der Waals surface area contributed by atoms with E-state index in [0.29, 0.717) is 24.5 Å². The number of carbonyl (C=O) groups excluding carboxylic acids is 1. The number of rotatable bonds is 5. The van der Waals surface area contributed by atoms with Gasteiger partial charge in [0.2, 0.25) is 0 Å². The van der Waals surface area contributed by atoms with E-state index in [9.17, 15) is 18.0 Å².